The molecule has 0 saturated carbocycles. The molecule has 17 heteroatoms. The molecule has 3 saturated heterocycles. The van der Waals surface area contributed by atoms with Crippen LogP contribution in [0.4, 0.5) is 14.5 Å². The molecule has 3 aliphatic rings. The van der Waals surface area contributed by atoms with Crippen molar-refractivity contribution in [2.75, 3.05) is 38.0 Å². The van der Waals surface area contributed by atoms with E-state index in [2.05, 4.69) is 52.6 Å². The number of hydrogen-bond acceptors (Lipinski definition) is 9. The average Bonchev–Trinajstić information content (AvgIpc) is 3.89. The number of carbonyl (C=O) groups excluding carboxylic acids is 3. The van der Waals surface area contributed by atoms with E-state index >= 15 is 0 Å². The van der Waals surface area contributed by atoms with Gasteiger partial charge in [0.1, 0.15) is 11.7 Å². The molecule has 0 bridgehead atoms. The molecule has 15 nitrogen and oxygen atoms in total. The number of benzene rings is 1. The van der Waals surface area contributed by atoms with Gasteiger partial charge in [-0.05, 0) is 49.6 Å². The summed E-state index contributed by atoms with van der Waals surface area (Å²) in [4.78, 5) is 59.5. The fraction of sp³-hybridized carbons (Fsp3) is 0.378. The zero-order valence-corrected chi connectivity index (χ0v) is 29.3. The van der Waals surface area contributed by atoms with E-state index in [-0.39, 0.29) is 41.9 Å². The van der Waals surface area contributed by atoms with E-state index < -0.39 is 30.0 Å². The minimum Gasteiger partial charge on any atom is -0.318 e. The third-order valence-corrected chi connectivity index (χ3v) is 10.5. The lowest BCUT2D eigenvalue weighted by molar-refractivity contribution is -0.135. The Morgan fingerprint density at radius 1 is 1.04 bits per heavy atom. The summed E-state index contributed by atoms with van der Waals surface area (Å²) in [6.45, 7) is 3.57. The summed E-state index contributed by atoms with van der Waals surface area (Å²) < 4.78 is 32.5. The van der Waals surface area contributed by atoms with Gasteiger partial charge in [-0.2, -0.15) is 10.2 Å². The summed E-state index contributed by atoms with van der Waals surface area (Å²) in [6.07, 6.45) is 2.48. The van der Waals surface area contributed by atoms with Crippen molar-refractivity contribution in [3.8, 4) is 23.2 Å². The van der Waals surface area contributed by atoms with Crippen LogP contribution >= 0.6 is 0 Å². The Bertz CT molecular complexity index is 2360. The van der Waals surface area contributed by atoms with Gasteiger partial charge in [0.05, 0.1) is 46.3 Å². The van der Waals surface area contributed by atoms with Gasteiger partial charge in [-0.1, -0.05) is 24.0 Å². The second kappa shape index (κ2) is 14.4. The van der Waals surface area contributed by atoms with Crippen molar-refractivity contribution in [1.29, 1.82) is 0 Å². The fourth-order valence-corrected chi connectivity index (χ4v) is 7.56. The molecule has 3 N–H and O–H groups in total. The number of pyridine rings is 1. The summed E-state index contributed by atoms with van der Waals surface area (Å²) in [5.74, 6) is 5.07. The molecule has 3 amide bonds. The van der Waals surface area contributed by atoms with E-state index in [0.717, 1.165) is 25.9 Å². The first kappa shape index (κ1) is 35.1. The molecule has 1 aromatic carbocycles. The van der Waals surface area contributed by atoms with Gasteiger partial charge in [0.15, 0.2) is 5.69 Å². The number of halogens is 2. The first-order valence-corrected chi connectivity index (χ1v) is 17.8. The number of nitrogens with zero attached hydrogens (tertiary/aromatic N) is 8. The Morgan fingerprint density at radius 3 is 2.57 bits per heavy atom. The zero-order chi connectivity index (χ0) is 37.5. The van der Waals surface area contributed by atoms with E-state index in [1.165, 1.54) is 26.1 Å². The van der Waals surface area contributed by atoms with Crippen LogP contribution < -0.4 is 16.3 Å². The van der Waals surface area contributed by atoms with Gasteiger partial charge >= 0.3 is 5.69 Å². The number of piperidine rings is 2. The maximum absolute atomic E-state index is 14.0. The Labute approximate surface area is 307 Å². The summed E-state index contributed by atoms with van der Waals surface area (Å²) >= 11 is 0. The van der Waals surface area contributed by atoms with Crippen LogP contribution in [0.5, 0.6) is 0 Å². The normalized spacial score (nSPS) is 18.8. The average molecular weight is 738 g/mol. The lowest BCUT2D eigenvalue weighted by Gasteiger charge is -2.46. The van der Waals surface area contributed by atoms with Gasteiger partial charge in [0.25, 0.3) is 12.3 Å². The lowest BCUT2D eigenvalue weighted by Crippen LogP contribution is -2.55. The highest BCUT2D eigenvalue weighted by molar-refractivity contribution is 6.03. The first-order valence-electron chi connectivity index (χ1n) is 17.8. The minimum atomic E-state index is -2.87. The number of aromatic nitrogens is 7. The molecule has 3 fully saturated rings. The maximum atomic E-state index is 14.0. The number of hydrogen-bond donors (Lipinski definition) is 3. The lowest BCUT2D eigenvalue weighted by atomic mass is 9.97. The Kier molecular flexibility index (Phi) is 9.38. The molecule has 3 aliphatic heterocycles. The van der Waals surface area contributed by atoms with E-state index in [4.69, 9.17) is 0 Å². The molecular formula is C37H37F2N11O4. The zero-order valence-electron chi connectivity index (χ0n) is 29.3. The van der Waals surface area contributed by atoms with Gasteiger partial charge in [-0.15, -0.1) is 0 Å². The maximum Gasteiger partial charge on any atom is 0.329 e. The molecule has 1 unspecified atom stereocenters. The number of aryl methyl sites for hydroxylation is 1. The van der Waals surface area contributed by atoms with Gasteiger partial charge in [0, 0.05) is 58.1 Å². The number of para-hydroxylation sites is 1. The summed E-state index contributed by atoms with van der Waals surface area (Å²) in [6, 6.07) is 11.6. The number of alkyl halides is 2. The number of H-pyrrole nitrogens is 1. The molecule has 1 atom stereocenters. The van der Waals surface area contributed by atoms with Crippen molar-refractivity contribution >= 4 is 34.4 Å². The number of imide groups is 1. The van der Waals surface area contributed by atoms with Gasteiger partial charge < -0.3 is 5.32 Å². The van der Waals surface area contributed by atoms with Crippen LogP contribution in [0.3, 0.4) is 0 Å². The number of amides is 3. The van der Waals surface area contributed by atoms with Crippen LogP contribution in [0.15, 0.2) is 59.7 Å². The molecule has 0 radical (unpaired) electrons. The van der Waals surface area contributed by atoms with E-state index in [0.29, 0.717) is 53.7 Å². The highest BCUT2D eigenvalue weighted by atomic mass is 19.3. The number of likely N-dealkylation sites (tertiary alicyclic amines) is 2. The Balaban J connectivity index is 0.857. The van der Waals surface area contributed by atoms with Crippen molar-refractivity contribution in [3.05, 3.63) is 82.3 Å². The molecule has 278 valence electrons. The molecule has 54 heavy (non-hydrogen) atoms. The van der Waals surface area contributed by atoms with Crippen molar-refractivity contribution in [2.45, 2.75) is 50.2 Å². The summed E-state index contributed by atoms with van der Waals surface area (Å²) in [5, 5.41) is 15.8. The van der Waals surface area contributed by atoms with Crippen LogP contribution in [-0.2, 0) is 16.6 Å². The molecule has 0 aliphatic carbocycles. The van der Waals surface area contributed by atoms with Gasteiger partial charge in [-0.3, -0.25) is 48.4 Å². The summed E-state index contributed by atoms with van der Waals surface area (Å²) in [7, 11) is 1.66. The van der Waals surface area contributed by atoms with Crippen molar-refractivity contribution < 1.29 is 23.2 Å². The van der Waals surface area contributed by atoms with E-state index in [1.54, 1.807) is 37.5 Å². The molecule has 0 spiro atoms. The number of rotatable bonds is 8. The monoisotopic (exact) mass is 737 g/mol. The van der Waals surface area contributed by atoms with E-state index in [9.17, 15) is 28.0 Å². The molecular weight excluding hydrogens is 700 g/mol. The van der Waals surface area contributed by atoms with Crippen LogP contribution in [0, 0.1) is 11.8 Å². The second-order valence-electron chi connectivity index (χ2n) is 13.8. The number of nitrogens with one attached hydrogen (secondary N) is 3. The highest BCUT2D eigenvalue weighted by Crippen LogP contribution is 2.32. The van der Waals surface area contributed by atoms with Crippen molar-refractivity contribution in [2.24, 2.45) is 7.05 Å². The largest absolute Gasteiger partial charge is 0.329 e. The van der Waals surface area contributed by atoms with Crippen molar-refractivity contribution in [3.63, 3.8) is 0 Å². The second-order valence-corrected chi connectivity index (χ2v) is 13.8. The summed E-state index contributed by atoms with van der Waals surface area (Å²) in [5.41, 5.74) is 2.28. The number of carbonyl (C=O) groups is 3. The Hall–Kier alpha value is -5.99. The number of fused-ring (bicyclic) bond motifs is 1. The predicted molar refractivity (Wildman–Crippen MR) is 193 cm³/mol. The Morgan fingerprint density at radius 2 is 1.83 bits per heavy atom. The number of imidazole rings is 1. The third-order valence-electron chi connectivity index (χ3n) is 10.5. The number of aromatic amines is 1. The molecule has 5 aromatic rings. The quantitative estimate of drug-likeness (QED) is 0.160. The van der Waals surface area contributed by atoms with Gasteiger partial charge in [-0.25, -0.2) is 18.6 Å². The molecule has 8 rings (SSSR count). The molecule has 7 heterocycles. The van der Waals surface area contributed by atoms with Crippen molar-refractivity contribution in [1.82, 2.24) is 49.2 Å². The molecule has 4 aromatic heterocycles. The van der Waals surface area contributed by atoms with Gasteiger partial charge in [0.2, 0.25) is 11.8 Å². The smallest absolute Gasteiger partial charge is 0.318 e. The van der Waals surface area contributed by atoms with E-state index in [1.807, 2.05) is 12.1 Å². The van der Waals surface area contributed by atoms with Crippen LogP contribution in [-0.4, -0.2) is 100 Å². The highest BCUT2D eigenvalue weighted by Gasteiger charge is 2.37. The third kappa shape index (κ3) is 6.69. The van der Waals surface area contributed by atoms with Crippen LogP contribution in [0.1, 0.15) is 65.9 Å². The fourth-order valence-electron chi connectivity index (χ4n) is 7.56. The van der Waals surface area contributed by atoms with Crippen LogP contribution in [0.25, 0.3) is 22.4 Å². The number of anilines is 1. The standard InChI is InChI=1S/C37H37F2N11O4/c1-46-33-22(5-2-9-29(33)50(37(46)54)30-10-11-31(51)43-36(30)53)6-4-16-47-17-13-23(14-18-47)48-19-24(20-48)49-21-28(32(45-49)34(38)39)42-35(52)27-8-3-7-25(41-27)26-12-15-40-44-26/h2-3,5,7-9,12,15,21,23-24,30,34H,10-11,13-14,16-20H2,1H3,(H,40,44)(H,42,52)(H,43,51,53). The SMILES string of the molecule is Cn1c(=O)n(C2CCC(=O)NC2=O)c2cccc(C#CCN3CCC(N4CC(n5cc(NC(=O)c6cccc(-c7ccn[nH]7)n6)c(C(F)F)n5)C4)CC3)c21. The van der Waals surface area contributed by atoms with Crippen LogP contribution in [0.2, 0.25) is 0 Å². The predicted octanol–water partition coefficient (Wildman–Crippen LogP) is 2.86. The minimum absolute atomic E-state index is 0.0399. The first-order chi connectivity index (χ1) is 26.1. The topological polar surface area (TPSA) is 168 Å².